The van der Waals surface area contributed by atoms with E-state index in [4.69, 9.17) is 0 Å². The van der Waals surface area contributed by atoms with Gasteiger partial charge in [0, 0.05) is 12.3 Å². The first kappa shape index (κ1) is 12.7. The summed E-state index contributed by atoms with van der Waals surface area (Å²) in [6, 6.07) is 5.39. The topological polar surface area (TPSA) is 57.5 Å². The first-order valence-electron chi connectivity index (χ1n) is 7.05. The van der Waals surface area contributed by atoms with E-state index in [1.165, 1.54) is 5.56 Å². The number of benzene rings is 1. The molecule has 0 bridgehead atoms. The van der Waals surface area contributed by atoms with Crippen LogP contribution < -0.4 is 0 Å². The normalized spacial score (nSPS) is 33.7. The Bertz CT molecular complexity index is 509. The van der Waals surface area contributed by atoms with Crippen LogP contribution in [0.3, 0.4) is 0 Å². The predicted octanol–water partition coefficient (Wildman–Crippen LogP) is 2.22. The molecule has 4 unspecified atom stereocenters. The second-order valence-electron chi connectivity index (χ2n) is 6.06. The van der Waals surface area contributed by atoms with E-state index in [0.717, 1.165) is 18.4 Å². The van der Waals surface area contributed by atoms with Crippen molar-refractivity contribution in [3.63, 3.8) is 0 Å². The average Bonchev–Trinajstić information content (AvgIpc) is 2.85. The van der Waals surface area contributed by atoms with Crippen LogP contribution in [0.15, 0.2) is 18.2 Å². The van der Waals surface area contributed by atoms with Gasteiger partial charge in [0.15, 0.2) is 0 Å². The summed E-state index contributed by atoms with van der Waals surface area (Å²) < 4.78 is 0. The number of aromatic hydroxyl groups is 1. The number of ketones is 1. The van der Waals surface area contributed by atoms with E-state index in [-0.39, 0.29) is 23.7 Å². The first-order chi connectivity index (χ1) is 9.06. The highest BCUT2D eigenvalue weighted by Gasteiger charge is 2.48. The summed E-state index contributed by atoms with van der Waals surface area (Å²) in [6.07, 6.45) is 2.72. The molecule has 3 heteroatoms. The number of carbonyl (C=O) groups excluding carboxylic acids is 1. The zero-order chi connectivity index (χ0) is 13.6. The molecule has 0 radical (unpaired) electrons. The van der Waals surface area contributed by atoms with Crippen molar-refractivity contribution in [2.45, 2.75) is 38.7 Å². The SMILES string of the molecule is Cc1cc(O)ccc1CC1C(O)CC2C(=O)CCC21. The Morgan fingerprint density at radius 2 is 2.16 bits per heavy atom. The fraction of sp³-hybridized carbons (Fsp3) is 0.562. The van der Waals surface area contributed by atoms with Gasteiger partial charge in [-0.2, -0.15) is 0 Å². The molecule has 3 nitrogen and oxygen atoms in total. The Hall–Kier alpha value is -1.35. The van der Waals surface area contributed by atoms with Crippen molar-refractivity contribution in [1.82, 2.24) is 0 Å². The van der Waals surface area contributed by atoms with Crippen molar-refractivity contribution < 1.29 is 15.0 Å². The molecule has 2 aliphatic rings. The minimum absolute atomic E-state index is 0.0948. The Balaban J connectivity index is 1.81. The van der Waals surface area contributed by atoms with Crippen LogP contribution in [0.25, 0.3) is 0 Å². The molecule has 2 saturated carbocycles. The lowest BCUT2D eigenvalue weighted by atomic mass is 9.85. The fourth-order valence-corrected chi connectivity index (χ4v) is 3.92. The molecular formula is C16H20O3. The van der Waals surface area contributed by atoms with Crippen molar-refractivity contribution >= 4 is 5.78 Å². The Labute approximate surface area is 113 Å². The van der Waals surface area contributed by atoms with Crippen LogP contribution in [0.1, 0.15) is 30.4 Å². The van der Waals surface area contributed by atoms with Crippen molar-refractivity contribution in [2.75, 3.05) is 0 Å². The van der Waals surface area contributed by atoms with E-state index in [9.17, 15) is 15.0 Å². The highest BCUT2D eigenvalue weighted by atomic mass is 16.3. The van der Waals surface area contributed by atoms with Gasteiger partial charge in [-0.1, -0.05) is 6.07 Å². The molecule has 102 valence electrons. The van der Waals surface area contributed by atoms with Gasteiger partial charge in [-0.15, -0.1) is 0 Å². The fourth-order valence-electron chi connectivity index (χ4n) is 3.92. The van der Waals surface area contributed by atoms with E-state index in [1.807, 2.05) is 13.0 Å². The smallest absolute Gasteiger partial charge is 0.136 e. The maximum absolute atomic E-state index is 11.8. The summed E-state index contributed by atoms with van der Waals surface area (Å²) in [5.74, 6) is 1.27. The van der Waals surface area contributed by atoms with Crippen LogP contribution in [0, 0.1) is 24.7 Å². The standard InChI is InChI=1S/C16H20O3/c1-9-6-11(17)3-2-10(9)7-13-12-4-5-15(18)14(12)8-16(13)19/h2-3,6,12-14,16-17,19H,4-5,7-8H2,1H3. The molecule has 4 atom stereocenters. The largest absolute Gasteiger partial charge is 0.508 e. The number of Topliss-reactive ketones (excluding diaryl/α,β-unsaturated/α-hetero) is 1. The maximum atomic E-state index is 11.8. The van der Waals surface area contributed by atoms with Gasteiger partial charge in [0.2, 0.25) is 0 Å². The van der Waals surface area contributed by atoms with Gasteiger partial charge < -0.3 is 10.2 Å². The molecule has 0 aromatic heterocycles. The van der Waals surface area contributed by atoms with Gasteiger partial charge in [0.05, 0.1) is 6.10 Å². The van der Waals surface area contributed by atoms with Crippen molar-refractivity contribution in [1.29, 1.82) is 0 Å². The predicted molar refractivity (Wildman–Crippen MR) is 71.9 cm³/mol. The lowest BCUT2D eigenvalue weighted by Gasteiger charge is -2.21. The number of fused-ring (bicyclic) bond motifs is 1. The number of hydrogen-bond donors (Lipinski definition) is 2. The summed E-state index contributed by atoms with van der Waals surface area (Å²) in [4.78, 5) is 11.8. The number of carbonyl (C=O) groups is 1. The molecule has 0 spiro atoms. The highest BCUT2D eigenvalue weighted by Crippen LogP contribution is 2.47. The lowest BCUT2D eigenvalue weighted by Crippen LogP contribution is -2.21. The summed E-state index contributed by atoms with van der Waals surface area (Å²) in [7, 11) is 0. The van der Waals surface area contributed by atoms with Crippen LogP contribution in [-0.4, -0.2) is 22.1 Å². The minimum atomic E-state index is -0.354. The number of aliphatic hydroxyl groups is 1. The molecule has 0 saturated heterocycles. The summed E-state index contributed by atoms with van der Waals surface area (Å²) in [5.41, 5.74) is 2.22. The zero-order valence-electron chi connectivity index (χ0n) is 11.2. The van der Waals surface area contributed by atoms with E-state index in [1.54, 1.807) is 12.1 Å². The molecule has 19 heavy (non-hydrogen) atoms. The minimum Gasteiger partial charge on any atom is -0.508 e. The number of aryl methyl sites for hydroxylation is 1. The average molecular weight is 260 g/mol. The van der Waals surface area contributed by atoms with Crippen molar-refractivity contribution in [3.05, 3.63) is 29.3 Å². The van der Waals surface area contributed by atoms with Gasteiger partial charge >= 0.3 is 0 Å². The second kappa shape index (κ2) is 4.64. The summed E-state index contributed by atoms with van der Waals surface area (Å²) in [6.45, 7) is 1.98. The van der Waals surface area contributed by atoms with E-state index >= 15 is 0 Å². The van der Waals surface area contributed by atoms with Crippen LogP contribution in [-0.2, 0) is 11.2 Å². The molecular weight excluding hydrogens is 240 g/mol. The lowest BCUT2D eigenvalue weighted by molar-refractivity contribution is -0.121. The van der Waals surface area contributed by atoms with Crippen molar-refractivity contribution in [3.8, 4) is 5.75 Å². The quantitative estimate of drug-likeness (QED) is 0.857. The molecule has 0 amide bonds. The van der Waals surface area contributed by atoms with Gasteiger partial charge in [0.1, 0.15) is 11.5 Å². The molecule has 0 heterocycles. The van der Waals surface area contributed by atoms with Gasteiger partial charge in [-0.25, -0.2) is 0 Å². The van der Waals surface area contributed by atoms with Gasteiger partial charge in [-0.3, -0.25) is 4.79 Å². The van der Waals surface area contributed by atoms with Crippen LogP contribution in [0.4, 0.5) is 0 Å². The molecule has 2 N–H and O–H groups in total. The third-order valence-electron chi connectivity index (χ3n) is 4.98. The van der Waals surface area contributed by atoms with E-state index < -0.39 is 0 Å². The number of phenolic OH excluding ortho intramolecular Hbond substituents is 1. The third-order valence-corrected chi connectivity index (χ3v) is 4.98. The summed E-state index contributed by atoms with van der Waals surface area (Å²) in [5, 5.41) is 19.7. The number of hydrogen-bond acceptors (Lipinski definition) is 3. The second-order valence-corrected chi connectivity index (χ2v) is 6.06. The Morgan fingerprint density at radius 1 is 1.37 bits per heavy atom. The summed E-state index contributed by atoms with van der Waals surface area (Å²) >= 11 is 0. The molecule has 2 aliphatic carbocycles. The van der Waals surface area contributed by atoms with Crippen LogP contribution >= 0.6 is 0 Å². The highest BCUT2D eigenvalue weighted by molar-refractivity contribution is 5.84. The van der Waals surface area contributed by atoms with Crippen LogP contribution in [0.5, 0.6) is 5.75 Å². The van der Waals surface area contributed by atoms with Crippen LogP contribution in [0.2, 0.25) is 0 Å². The maximum Gasteiger partial charge on any atom is 0.136 e. The monoisotopic (exact) mass is 260 g/mol. The van der Waals surface area contributed by atoms with Gasteiger partial charge in [0.25, 0.3) is 0 Å². The number of rotatable bonds is 2. The third kappa shape index (κ3) is 2.16. The molecule has 2 fully saturated rings. The van der Waals surface area contributed by atoms with Crippen molar-refractivity contribution in [2.24, 2.45) is 17.8 Å². The number of aliphatic hydroxyl groups excluding tert-OH is 1. The molecule has 0 aliphatic heterocycles. The Morgan fingerprint density at radius 3 is 2.89 bits per heavy atom. The number of phenols is 1. The molecule has 1 aromatic carbocycles. The first-order valence-corrected chi connectivity index (χ1v) is 7.05. The van der Waals surface area contributed by atoms with E-state index in [0.29, 0.717) is 24.5 Å². The molecule has 3 rings (SSSR count). The van der Waals surface area contributed by atoms with Gasteiger partial charge in [-0.05, 0) is 61.3 Å². The van der Waals surface area contributed by atoms with E-state index in [2.05, 4.69) is 0 Å². The zero-order valence-corrected chi connectivity index (χ0v) is 11.2. The molecule has 1 aromatic rings. The Kier molecular flexibility index (Phi) is 3.09.